The average molecular weight is 534 g/mol. The number of hydrogen-bond acceptors (Lipinski definition) is 4. The molecule has 1 aliphatic rings. The van der Waals surface area contributed by atoms with Crippen molar-refractivity contribution >= 4 is 40.7 Å². The largest absolute Gasteiger partial charge is 0.484 e. The van der Waals surface area contributed by atoms with E-state index in [0.29, 0.717) is 41.2 Å². The third kappa shape index (κ3) is 6.92. The van der Waals surface area contributed by atoms with E-state index in [9.17, 15) is 14.4 Å². The monoisotopic (exact) mass is 533 g/mol. The highest BCUT2D eigenvalue weighted by Crippen LogP contribution is 2.27. The minimum atomic E-state index is -0.410. The molecule has 0 spiro atoms. The molecule has 0 aliphatic carbocycles. The molecule has 1 saturated heterocycles. The molecule has 1 heterocycles. The first kappa shape index (κ1) is 27.2. The number of carbonyl (C=O) groups excluding carboxylic acids is 3. The highest BCUT2D eigenvalue weighted by atomic mass is 35.5. The van der Waals surface area contributed by atoms with E-state index >= 15 is 0 Å². The summed E-state index contributed by atoms with van der Waals surface area (Å²) in [6, 6.07) is 20.4. The molecule has 1 aliphatic heterocycles. The van der Waals surface area contributed by atoms with Crippen molar-refractivity contribution < 1.29 is 19.1 Å². The fraction of sp³-hybridized carbons (Fsp3) is 0.300. The Kier molecular flexibility index (Phi) is 8.69. The standard InChI is InChI=1S/C30H32ClN3O4/c1-19(2)22-7-5-21(6-8-22)16-32-30(37)23-14-29(36)34(17-23)25-10-12-26(13-11-25)38-18-28(35)33-27-15-24(31)9-4-20(27)3/h4-13,15,19,23H,14,16-18H2,1-3H3,(H,32,37)(H,33,35)/t23-/m0/s1. The predicted molar refractivity (Wildman–Crippen MR) is 150 cm³/mol. The Morgan fingerprint density at radius 1 is 1.05 bits per heavy atom. The summed E-state index contributed by atoms with van der Waals surface area (Å²) >= 11 is 6.00. The lowest BCUT2D eigenvalue weighted by Crippen LogP contribution is -2.32. The number of rotatable bonds is 9. The highest BCUT2D eigenvalue weighted by Gasteiger charge is 2.35. The van der Waals surface area contributed by atoms with Crippen LogP contribution in [0.1, 0.15) is 42.9 Å². The summed E-state index contributed by atoms with van der Waals surface area (Å²) in [5.74, 6) is 0.00592. The molecule has 0 radical (unpaired) electrons. The summed E-state index contributed by atoms with van der Waals surface area (Å²) in [6.07, 6.45) is 0.166. The van der Waals surface area contributed by atoms with E-state index in [2.05, 4.69) is 36.6 Å². The van der Waals surface area contributed by atoms with Gasteiger partial charge in [0.1, 0.15) is 5.75 Å². The fourth-order valence-electron chi connectivity index (χ4n) is 4.27. The summed E-state index contributed by atoms with van der Waals surface area (Å²) in [4.78, 5) is 39.3. The first-order valence-electron chi connectivity index (χ1n) is 12.7. The van der Waals surface area contributed by atoms with E-state index < -0.39 is 5.92 Å². The maximum atomic E-state index is 12.7. The van der Waals surface area contributed by atoms with E-state index in [4.69, 9.17) is 16.3 Å². The number of anilines is 2. The van der Waals surface area contributed by atoms with E-state index in [1.165, 1.54) is 5.56 Å². The Balaban J connectivity index is 1.26. The summed E-state index contributed by atoms with van der Waals surface area (Å²) in [7, 11) is 0. The lowest BCUT2D eigenvalue weighted by atomic mass is 10.0. The van der Waals surface area contributed by atoms with Crippen molar-refractivity contribution in [1.29, 1.82) is 0 Å². The van der Waals surface area contributed by atoms with Gasteiger partial charge in [-0.05, 0) is 65.9 Å². The number of nitrogens with zero attached hydrogens (tertiary/aromatic N) is 1. The van der Waals surface area contributed by atoms with Gasteiger partial charge in [-0.1, -0.05) is 55.8 Å². The van der Waals surface area contributed by atoms with Crippen LogP contribution in [-0.4, -0.2) is 30.9 Å². The maximum Gasteiger partial charge on any atom is 0.262 e. The number of nitrogens with one attached hydrogen (secondary N) is 2. The van der Waals surface area contributed by atoms with Gasteiger partial charge in [0, 0.05) is 35.9 Å². The molecular weight excluding hydrogens is 502 g/mol. The first-order chi connectivity index (χ1) is 18.2. The van der Waals surface area contributed by atoms with Crippen molar-refractivity contribution in [3.63, 3.8) is 0 Å². The second kappa shape index (κ2) is 12.1. The number of aryl methyl sites for hydroxylation is 1. The second-order valence-corrected chi connectivity index (χ2v) is 10.2. The molecule has 4 rings (SSSR count). The van der Waals surface area contributed by atoms with Gasteiger partial charge in [-0.3, -0.25) is 14.4 Å². The molecule has 7 nitrogen and oxygen atoms in total. The molecule has 0 bridgehead atoms. The molecule has 0 aromatic heterocycles. The number of benzene rings is 3. The van der Waals surface area contributed by atoms with Crippen LogP contribution in [0.5, 0.6) is 5.75 Å². The van der Waals surface area contributed by atoms with Crippen molar-refractivity contribution in [2.75, 3.05) is 23.4 Å². The molecule has 3 amide bonds. The van der Waals surface area contributed by atoms with E-state index in [1.807, 2.05) is 25.1 Å². The van der Waals surface area contributed by atoms with Gasteiger partial charge in [0.05, 0.1) is 5.92 Å². The SMILES string of the molecule is Cc1ccc(Cl)cc1NC(=O)COc1ccc(N2C[C@@H](C(=O)NCc3ccc(C(C)C)cc3)CC2=O)cc1. The Bertz CT molecular complexity index is 1310. The quantitative estimate of drug-likeness (QED) is 0.382. The van der Waals surface area contributed by atoms with Gasteiger partial charge < -0.3 is 20.3 Å². The lowest BCUT2D eigenvalue weighted by molar-refractivity contribution is -0.126. The molecule has 2 N–H and O–H groups in total. The van der Waals surface area contributed by atoms with Crippen LogP contribution >= 0.6 is 11.6 Å². The lowest BCUT2D eigenvalue weighted by Gasteiger charge is -2.17. The number of amides is 3. The molecule has 3 aromatic rings. The Hall–Kier alpha value is -3.84. The van der Waals surface area contributed by atoms with Gasteiger partial charge in [-0.25, -0.2) is 0 Å². The molecule has 8 heteroatoms. The molecule has 0 unspecified atom stereocenters. The van der Waals surface area contributed by atoms with Crippen molar-refractivity contribution in [3.05, 3.63) is 88.4 Å². The van der Waals surface area contributed by atoms with E-state index in [-0.39, 0.29) is 30.7 Å². The van der Waals surface area contributed by atoms with Crippen LogP contribution in [0.15, 0.2) is 66.7 Å². The Morgan fingerprint density at radius 2 is 1.76 bits per heavy atom. The second-order valence-electron chi connectivity index (χ2n) is 9.81. The molecule has 0 saturated carbocycles. The molecule has 198 valence electrons. The molecule has 1 fully saturated rings. The van der Waals surface area contributed by atoms with Crippen LogP contribution in [-0.2, 0) is 20.9 Å². The summed E-state index contributed by atoms with van der Waals surface area (Å²) in [5, 5.41) is 6.28. The Labute approximate surface area is 228 Å². The normalized spacial score (nSPS) is 15.0. The van der Waals surface area contributed by atoms with Crippen LogP contribution in [0.3, 0.4) is 0 Å². The number of hydrogen-bond donors (Lipinski definition) is 2. The molecule has 1 atom stereocenters. The van der Waals surface area contributed by atoms with Gasteiger partial charge in [0.25, 0.3) is 5.91 Å². The van der Waals surface area contributed by atoms with Crippen molar-refractivity contribution in [2.45, 2.75) is 39.7 Å². The van der Waals surface area contributed by atoms with Gasteiger partial charge in [0.2, 0.25) is 11.8 Å². The van der Waals surface area contributed by atoms with Gasteiger partial charge >= 0.3 is 0 Å². The van der Waals surface area contributed by atoms with E-state index in [1.54, 1.807) is 41.3 Å². The van der Waals surface area contributed by atoms with Crippen LogP contribution in [0.2, 0.25) is 5.02 Å². The first-order valence-corrected chi connectivity index (χ1v) is 13.0. The zero-order valence-corrected chi connectivity index (χ0v) is 22.5. The smallest absolute Gasteiger partial charge is 0.262 e. The number of carbonyl (C=O) groups is 3. The maximum absolute atomic E-state index is 12.7. The van der Waals surface area contributed by atoms with Crippen molar-refractivity contribution in [3.8, 4) is 5.75 Å². The summed E-state index contributed by atoms with van der Waals surface area (Å²) in [6.45, 7) is 6.74. The van der Waals surface area contributed by atoms with Crippen molar-refractivity contribution in [2.24, 2.45) is 5.92 Å². The summed E-state index contributed by atoms with van der Waals surface area (Å²) in [5.41, 5.74) is 4.49. The topological polar surface area (TPSA) is 87.7 Å². The van der Waals surface area contributed by atoms with Gasteiger partial charge in [-0.15, -0.1) is 0 Å². The number of ether oxygens (including phenoxy) is 1. The minimum Gasteiger partial charge on any atom is -0.484 e. The van der Waals surface area contributed by atoms with Crippen molar-refractivity contribution in [1.82, 2.24) is 5.32 Å². The fourth-order valence-corrected chi connectivity index (χ4v) is 4.45. The third-order valence-electron chi connectivity index (χ3n) is 6.60. The third-order valence-corrected chi connectivity index (χ3v) is 6.84. The number of halogens is 1. The molecule has 3 aromatic carbocycles. The average Bonchev–Trinajstić information content (AvgIpc) is 3.30. The minimum absolute atomic E-state index is 0.101. The van der Waals surface area contributed by atoms with Crippen LogP contribution in [0.25, 0.3) is 0 Å². The predicted octanol–water partition coefficient (Wildman–Crippen LogP) is 5.46. The summed E-state index contributed by atoms with van der Waals surface area (Å²) < 4.78 is 5.60. The molecule has 38 heavy (non-hydrogen) atoms. The van der Waals surface area contributed by atoms with Crippen LogP contribution < -0.4 is 20.3 Å². The van der Waals surface area contributed by atoms with Gasteiger partial charge in [0.15, 0.2) is 6.61 Å². The molecular formula is C30H32ClN3O4. The van der Waals surface area contributed by atoms with Crippen LogP contribution in [0.4, 0.5) is 11.4 Å². The van der Waals surface area contributed by atoms with Crippen LogP contribution in [0, 0.1) is 12.8 Å². The zero-order valence-electron chi connectivity index (χ0n) is 21.8. The van der Waals surface area contributed by atoms with Gasteiger partial charge in [-0.2, -0.15) is 0 Å². The highest BCUT2D eigenvalue weighted by molar-refractivity contribution is 6.31. The zero-order chi connectivity index (χ0) is 27.2. The van der Waals surface area contributed by atoms with E-state index in [0.717, 1.165) is 11.1 Å². The Morgan fingerprint density at radius 3 is 2.45 bits per heavy atom.